The fourth-order valence-corrected chi connectivity index (χ4v) is 2.96. The molecule has 0 amide bonds. The van der Waals surface area contributed by atoms with Gasteiger partial charge in [-0.05, 0) is 24.1 Å². The van der Waals surface area contributed by atoms with Crippen LogP contribution in [-0.4, -0.2) is 30.8 Å². The molecule has 0 spiro atoms. The van der Waals surface area contributed by atoms with Gasteiger partial charge in [0, 0.05) is 31.1 Å². The number of carbonyl (C=O) groups is 1. The first-order valence-corrected chi connectivity index (χ1v) is 9.32. The van der Waals surface area contributed by atoms with Crippen LogP contribution < -0.4 is 0 Å². The lowest BCUT2D eigenvalue weighted by atomic mass is 10.0. The van der Waals surface area contributed by atoms with Crippen molar-refractivity contribution in [3.05, 3.63) is 65.4 Å². The van der Waals surface area contributed by atoms with E-state index in [-0.39, 0.29) is 5.56 Å². The Morgan fingerprint density at radius 1 is 1.15 bits per heavy atom. The van der Waals surface area contributed by atoms with E-state index in [0.29, 0.717) is 17.7 Å². The third kappa shape index (κ3) is 4.39. The minimum absolute atomic E-state index is 0.254. The molecular formula is C21H24N4O2. The fraction of sp³-hybridized carbons (Fsp3) is 0.333. The molecule has 2 heterocycles. The van der Waals surface area contributed by atoms with Crippen LogP contribution in [0.2, 0.25) is 0 Å². The number of aromatic nitrogens is 4. The molecule has 6 heteroatoms. The highest BCUT2D eigenvalue weighted by Crippen LogP contribution is 2.22. The number of aromatic carboxylic acids is 1. The summed E-state index contributed by atoms with van der Waals surface area (Å²) in [6.07, 6.45) is 5.45. The lowest BCUT2D eigenvalue weighted by molar-refractivity contribution is 0.0697. The summed E-state index contributed by atoms with van der Waals surface area (Å²) < 4.78 is 2.00. The third-order valence-corrected chi connectivity index (χ3v) is 4.45. The molecule has 3 rings (SSSR count). The Kier molecular flexibility index (Phi) is 5.96. The number of nitrogens with zero attached hydrogens (tertiary/aromatic N) is 4. The number of unbranched alkanes of at least 4 members (excludes halogenated alkanes) is 1. The largest absolute Gasteiger partial charge is 0.478 e. The summed E-state index contributed by atoms with van der Waals surface area (Å²) in [5, 5.41) is 13.9. The van der Waals surface area contributed by atoms with Crippen LogP contribution in [0.15, 0.2) is 42.6 Å². The van der Waals surface area contributed by atoms with Crippen LogP contribution in [0, 0.1) is 0 Å². The maximum Gasteiger partial charge on any atom is 0.336 e. The average molecular weight is 364 g/mol. The quantitative estimate of drug-likeness (QED) is 0.653. The van der Waals surface area contributed by atoms with Crippen LogP contribution in [0.1, 0.15) is 54.3 Å². The van der Waals surface area contributed by atoms with Gasteiger partial charge < -0.3 is 5.11 Å². The summed E-state index contributed by atoms with van der Waals surface area (Å²) in [6.45, 7) is 5.09. The number of pyridine rings is 1. The van der Waals surface area contributed by atoms with Gasteiger partial charge in [-0.1, -0.05) is 44.5 Å². The maximum atomic E-state index is 11.4. The zero-order valence-corrected chi connectivity index (χ0v) is 15.7. The number of benzene rings is 1. The minimum atomic E-state index is -0.951. The first-order chi connectivity index (χ1) is 13.1. The second-order valence-corrected chi connectivity index (χ2v) is 6.45. The van der Waals surface area contributed by atoms with E-state index in [9.17, 15) is 9.90 Å². The van der Waals surface area contributed by atoms with Gasteiger partial charge >= 0.3 is 5.97 Å². The SMILES string of the molecule is CCCCn1nc(CC)nc1Cc1ccc(-c2ccccc2C(=O)O)nc1. The van der Waals surface area contributed by atoms with E-state index in [4.69, 9.17) is 0 Å². The molecular weight excluding hydrogens is 340 g/mol. The highest BCUT2D eigenvalue weighted by Gasteiger charge is 2.13. The van der Waals surface area contributed by atoms with E-state index in [1.165, 1.54) is 0 Å². The van der Waals surface area contributed by atoms with Crippen molar-refractivity contribution < 1.29 is 9.90 Å². The summed E-state index contributed by atoms with van der Waals surface area (Å²) in [7, 11) is 0. The van der Waals surface area contributed by atoms with Gasteiger partial charge in [0.2, 0.25) is 0 Å². The number of hydrogen-bond donors (Lipinski definition) is 1. The van der Waals surface area contributed by atoms with Crippen molar-refractivity contribution in [2.24, 2.45) is 0 Å². The number of carboxylic acid groups (broad SMARTS) is 1. The Morgan fingerprint density at radius 2 is 1.96 bits per heavy atom. The predicted molar refractivity (Wildman–Crippen MR) is 104 cm³/mol. The number of carboxylic acids is 1. The zero-order chi connectivity index (χ0) is 19.2. The molecule has 0 aliphatic carbocycles. The van der Waals surface area contributed by atoms with Crippen LogP contribution in [0.25, 0.3) is 11.3 Å². The Hall–Kier alpha value is -3.02. The Labute approximate surface area is 158 Å². The second kappa shape index (κ2) is 8.58. The minimum Gasteiger partial charge on any atom is -0.478 e. The van der Waals surface area contributed by atoms with Crippen LogP contribution in [0.5, 0.6) is 0 Å². The molecule has 3 aromatic rings. The molecule has 1 aromatic carbocycles. The van der Waals surface area contributed by atoms with E-state index < -0.39 is 5.97 Å². The smallest absolute Gasteiger partial charge is 0.336 e. The first kappa shape index (κ1) is 18.8. The molecule has 0 unspecified atom stereocenters. The van der Waals surface area contributed by atoms with Crippen molar-refractivity contribution in [3.8, 4) is 11.3 Å². The molecule has 1 N–H and O–H groups in total. The van der Waals surface area contributed by atoms with Crippen molar-refractivity contribution in [1.82, 2.24) is 19.7 Å². The Bertz CT molecular complexity index is 916. The molecule has 0 radical (unpaired) electrons. The summed E-state index contributed by atoms with van der Waals surface area (Å²) in [5.74, 6) is 0.856. The van der Waals surface area contributed by atoms with Gasteiger partial charge in [-0.15, -0.1) is 0 Å². The summed E-state index contributed by atoms with van der Waals surface area (Å²) in [4.78, 5) is 20.5. The lowest BCUT2D eigenvalue weighted by Crippen LogP contribution is -2.07. The molecule has 0 bridgehead atoms. The highest BCUT2D eigenvalue weighted by atomic mass is 16.4. The van der Waals surface area contributed by atoms with Crippen molar-refractivity contribution in [1.29, 1.82) is 0 Å². The van der Waals surface area contributed by atoms with Crippen molar-refractivity contribution >= 4 is 5.97 Å². The summed E-state index contributed by atoms with van der Waals surface area (Å²) >= 11 is 0. The Morgan fingerprint density at radius 3 is 2.63 bits per heavy atom. The molecule has 27 heavy (non-hydrogen) atoms. The zero-order valence-electron chi connectivity index (χ0n) is 15.7. The first-order valence-electron chi connectivity index (χ1n) is 9.32. The standard InChI is InChI=1S/C21H24N4O2/c1-3-5-12-25-20(23-19(4-2)24-25)13-15-10-11-18(22-14-15)16-8-6-7-9-17(16)21(26)27/h6-11,14H,3-5,12-13H2,1-2H3,(H,26,27). The lowest BCUT2D eigenvalue weighted by Gasteiger charge is -2.07. The fourth-order valence-electron chi connectivity index (χ4n) is 2.96. The van der Waals surface area contributed by atoms with E-state index in [2.05, 4.69) is 28.9 Å². The van der Waals surface area contributed by atoms with Gasteiger partial charge in [0.25, 0.3) is 0 Å². The third-order valence-electron chi connectivity index (χ3n) is 4.45. The van der Waals surface area contributed by atoms with Gasteiger partial charge in [-0.2, -0.15) is 5.10 Å². The van der Waals surface area contributed by atoms with E-state index in [1.807, 2.05) is 22.9 Å². The van der Waals surface area contributed by atoms with Gasteiger partial charge in [-0.25, -0.2) is 14.5 Å². The van der Waals surface area contributed by atoms with Crippen LogP contribution in [0.4, 0.5) is 0 Å². The topological polar surface area (TPSA) is 80.9 Å². The van der Waals surface area contributed by atoms with E-state index in [0.717, 1.165) is 43.0 Å². The maximum absolute atomic E-state index is 11.4. The highest BCUT2D eigenvalue weighted by molar-refractivity contribution is 5.95. The second-order valence-electron chi connectivity index (χ2n) is 6.45. The number of hydrogen-bond acceptors (Lipinski definition) is 4. The summed E-state index contributed by atoms with van der Waals surface area (Å²) in [6, 6.07) is 10.8. The van der Waals surface area contributed by atoms with Crippen LogP contribution in [-0.2, 0) is 19.4 Å². The van der Waals surface area contributed by atoms with Crippen molar-refractivity contribution in [2.45, 2.75) is 46.1 Å². The predicted octanol–water partition coefficient (Wildman–Crippen LogP) is 3.99. The molecule has 0 fully saturated rings. The van der Waals surface area contributed by atoms with Gasteiger partial charge in [0.1, 0.15) is 5.82 Å². The van der Waals surface area contributed by atoms with Crippen LogP contribution >= 0.6 is 0 Å². The van der Waals surface area contributed by atoms with E-state index >= 15 is 0 Å². The van der Waals surface area contributed by atoms with Crippen molar-refractivity contribution in [3.63, 3.8) is 0 Å². The molecule has 0 atom stereocenters. The van der Waals surface area contributed by atoms with Gasteiger partial charge in [-0.3, -0.25) is 4.98 Å². The molecule has 0 saturated heterocycles. The molecule has 6 nitrogen and oxygen atoms in total. The van der Waals surface area contributed by atoms with Crippen LogP contribution in [0.3, 0.4) is 0 Å². The molecule has 0 saturated carbocycles. The molecule has 0 aliphatic rings. The van der Waals surface area contributed by atoms with Gasteiger partial charge in [0.05, 0.1) is 11.3 Å². The molecule has 0 aliphatic heterocycles. The summed E-state index contributed by atoms with van der Waals surface area (Å²) in [5.41, 5.74) is 2.55. The van der Waals surface area contributed by atoms with Gasteiger partial charge in [0.15, 0.2) is 5.82 Å². The van der Waals surface area contributed by atoms with E-state index in [1.54, 1.807) is 24.4 Å². The monoisotopic (exact) mass is 364 g/mol. The number of rotatable bonds is 8. The molecule has 2 aromatic heterocycles. The Balaban J connectivity index is 1.83. The van der Waals surface area contributed by atoms with Crippen molar-refractivity contribution in [2.75, 3.05) is 0 Å². The molecule has 140 valence electrons. The number of aryl methyl sites for hydroxylation is 2. The normalized spacial score (nSPS) is 10.9. The average Bonchev–Trinajstić information content (AvgIpc) is 3.08.